The molecular formula is C14H19N3S. The monoisotopic (exact) mass is 261 g/mol. The first-order valence-corrected chi connectivity index (χ1v) is 7.00. The van der Waals surface area contributed by atoms with Crippen LogP contribution >= 0.6 is 11.3 Å². The summed E-state index contributed by atoms with van der Waals surface area (Å²) in [6.07, 6.45) is 1.86. The summed E-state index contributed by atoms with van der Waals surface area (Å²) < 4.78 is 0. The normalized spacial score (nSPS) is 12.6. The van der Waals surface area contributed by atoms with Crippen molar-refractivity contribution < 1.29 is 0 Å². The maximum Gasteiger partial charge on any atom is 0.0965 e. The Morgan fingerprint density at radius 2 is 2.28 bits per heavy atom. The lowest BCUT2D eigenvalue weighted by Gasteiger charge is -2.11. The van der Waals surface area contributed by atoms with Crippen molar-refractivity contribution in [2.24, 2.45) is 0 Å². The first kappa shape index (κ1) is 13.1. The lowest BCUT2D eigenvalue weighted by Crippen LogP contribution is -2.19. The van der Waals surface area contributed by atoms with Crippen LogP contribution in [0, 0.1) is 6.92 Å². The zero-order chi connectivity index (χ0) is 13.0. The van der Waals surface area contributed by atoms with Crippen LogP contribution < -0.4 is 11.1 Å². The average molecular weight is 261 g/mol. The summed E-state index contributed by atoms with van der Waals surface area (Å²) >= 11 is 1.71. The highest BCUT2D eigenvalue weighted by molar-refractivity contribution is 7.09. The molecule has 2 aromatic rings. The number of anilines is 1. The first-order valence-electron chi connectivity index (χ1n) is 6.12. The molecule has 0 aliphatic rings. The van der Waals surface area contributed by atoms with Crippen LogP contribution in [0.3, 0.4) is 0 Å². The number of aryl methyl sites for hydroxylation is 1. The second-order valence-corrected chi connectivity index (χ2v) is 5.52. The smallest absolute Gasteiger partial charge is 0.0965 e. The van der Waals surface area contributed by atoms with Crippen molar-refractivity contribution in [1.82, 2.24) is 10.3 Å². The molecule has 3 N–H and O–H groups in total. The van der Waals surface area contributed by atoms with Gasteiger partial charge < -0.3 is 11.1 Å². The molecule has 0 saturated carbocycles. The average Bonchev–Trinajstić information content (AvgIpc) is 2.87. The third-order valence-corrected chi connectivity index (χ3v) is 4.00. The molecule has 2 rings (SSSR count). The van der Waals surface area contributed by atoms with Crippen LogP contribution in [-0.4, -0.2) is 11.5 Å². The van der Waals surface area contributed by atoms with Crippen molar-refractivity contribution in [2.75, 3.05) is 12.3 Å². The lowest BCUT2D eigenvalue weighted by atomic mass is 10.1. The Morgan fingerprint density at radius 1 is 1.44 bits per heavy atom. The number of nitrogens with one attached hydrogen (secondary N) is 1. The molecule has 0 aliphatic carbocycles. The number of benzene rings is 1. The standard InChI is InChI=1S/C14H19N3S/c1-10-3-4-12(7-13(10)15)9-16-8-11(2)14-17-5-6-18-14/h3-7,11,16H,8-9,15H2,1-2H3. The molecule has 1 aromatic heterocycles. The molecule has 3 nitrogen and oxygen atoms in total. The van der Waals surface area contributed by atoms with Crippen molar-refractivity contribution in [2.45, 2.75) is 26.3 Å². The number of hydrogen-bond donors (Lipinski definition) is 2. The van der Waals surface area contributed by atoms with Gasteiger partial charge in [-0.05, 0) is 24.1 Å². The molecule has 0 radical (unpaired) electrons. The minimum absolute atomic E-state index is 0.452. The molecule has 1 unspecified atom stereocenters. The third-order valence-electron chi connectivity index (χ3n) is 3.00. The lowest BCUT2D eigenvalue weighted by molar-refractivity contribution is 0.613. The molecular weight excluding hydrogens is 242 g/mol. The van der Waals surface area contributed by atoms with Gasteiger partial charge in [0.05, 0.1) is 5.01 Å². The Morgan fingerprint density at radius 3 is 2.94 bits per heavy atom. The van der Waals surface area contributed by atoms with E-state index in [2.05, 4.69) is 29.4 Å². The van der Waals surface area contributed by atoms with E-state index in [0.717, 1.165) is 24.3 Å². The van der Waals surface area contributed by atoms with Crippen molar-refractivity contribution >= 4 is 17.0 Å². The number of thiazole rings is 1. The first-order chi connectivity index (χ1) is 8.66. The molecule has 1 atom stereocenters. The Balaban J connectivity index is 1.83. The van der Waals surface area contributed by atoms with Gasteiger partial charge in [0, 0.05) is 36.3 Å². The fourth-order valence-corrected chi connectivity index (χ4v) is 2.50. The van der Waals surface area contributed by atoms with Crippen LogP contribution in [0.1, 0.15) is 29.0 Å². The fraction of sp³-hybridized carbons (Fsp3) is 0.357. The zero-order valence-corrected chi connectivity index (χ0v) is 11.6. The van der Waals surface area contributed by atoms with E-state index in [0.29, 0.717) is 5.92 Å². The maximum atomic E-state index is 5.89. The Labute approximate surface area is 112 Å². The van der Waals surface area contributed by atoms with Crippen molar-refractivity contribution in [3.8, 4) is 0 Å². The summed E-state index contributed by atoms with van der Waals surface area (Å²) in [5.41, 5.74) is 9.12. The van der Waals surface area contributed by atoms with E-state index in [-0.39, 0.29) is 0 Å². The van der Waals surface area contributed by atoms with Crippen LogP contribution in [-0.2, 0) is 6.54 Å². The molecule has 0 saturated heterocycles. The molecule has 4 heteroatoms. The maximum absolute atomic E-state index is 5.89. The molecule has 96 valence electrons. The minimum Gasteiger partial charge on any atom is -0.399 e. The van der Waals surface area contributed by atoms with E-state index in [9.17, 15) is 0 Å². The van der Waals surface area contributed by atoms with Crippen molar-refractivity contribution in [3.05, 3.63) is 45.9 Å². The number of nitrogens with two attached hydrogens (primary N) is 1. The highest BCUT2D eigenvalue weighted by Crippen LogP contribution is 2.17. The second-order valence-electron chi connectivity index (χ2n) is 4.59. The van der Waals surface area contributed by atoms with Gasteiger partial charge in [-0.25, -0.2) is 4.98 Å². The van der Waals surface area contributed by atoms with Gasteiger partial charge in [0.15, 0.2) is 0 Å². The van der Waals surface area contributed by atoms with Crippen LogP contribution in [0.4, 0.5) is 5.69 Å². The largest absolute Gasteiger partial charge is 0.399 e. The summed E-state index contributed by atoms with van der Waals surface area (Å²) in [6, 6.07) is 6.22. The van der Waals surface area contributed by atoms with E-state index in [1.807, 2.05) is 24.6 Å². The molecule has 1 heterocycles. The van der Waals surface area contributed by atoms with Crippen LogP contribution in [0.2, 0.25) is 0 Å². The predicted octanol–water partition coefficient (Wildman–Crippen LogP) is 2.93. The molecule has 1 aromatic carbocycles. The number of hydrogen-bond acceptors (Lipinski definition) is 4. The summed E-state index contributed by atoms with van der Waals surface area (Å²) in [4.78, 5) is 4.33. The number of rotatable bonds is 5. The van der Waals surface area contributed by atoms with Gasteiger partial charge in [-0.2, -0.15) is 0 Å². The molecule has 0 fully saturated rings. The SMILES string of the molecule is Cc1ccc(CNCC(C)c2nccs2)cc1N. The van der Waals surface area contributed by atoms with Gasteiger partial charge in [-0.3, -0.25) is 0 Å². The predicted molar refractivity (Wildman–Crippen MR) is 77.8 cm³/mol. The Kier molecular flexibility index (Phi) is 4.33. The van der Waals surface area contributed by atoms with Crippen LogP contribution in [0.15, 0.2) is 29.8 Å². The number of nitrogens with zero attached hydrogens (tertiary/aromatic N) is 1. The van der Waals surface area contributed by atoms with Crippen molar-refractivity contribution in [1.29, 1.82) is 0 Å². The highest BCUT2D eigenvalue weighted by Gasteiger charge is 2.07. The molecule has 18 heavy (non-hydrogen) atoms. The van der Waals surface area contributed by atoms with E-state index in [1.54, 1.807) is 11.3 Å². The number of aromatic nitrogens is 1. The summed E-state index contributed by atoms with van der Waals surface area (Å²) in [5, 5.41) is 6.65. The fourth-order valence-electron chi connectivity index (χ4n) is 1.80. The summed E-state index contributed by atoms with van der Waals surface area (Å²) in [7, 11) is 0. The van der Waals surface area contributed by atoms with Gasteiger partial charge in [0.2, 0.25) is 0 Å². The second kappa shape index (κ2) is 5.98. The van der Waals surface area contributed by atoms with Crippen LogP contribution in [0.25, 0.3) is 0 Å². The zero-order valence-electron chi connectivity index (χ0n) is 10.8. The van der Waals surface area contributed by atoms with Gasteiger partial charge in [0.25, 0.3) is 0 Å². The molecule has 0 amide bonds. The van der Waals surface area contributed by atoms with Crippen molar-refractivity contribution in [3.63, 3.8) is 0 Å². The number of nitrogen functional groups attached to an aromatic ring is 1. The molecule has 0 spiro atoms. The quantitative estimate of drug-likeness (QED) is 0.814. The van der Waals surface area contributed by atoms with Gasteiger partial charge >= 0.3 is 0 Å². The molecule has 0 aliphatic heterocycles. The van der Waals surface area contributed by atoms with E-state index >= 15 is 0 Å². The van der Waals surface area contributed by atoms with E-state index in [4.69, 9.17) is 5.73 Å². The van der Waals surface area contributed by atoms with E-state index in [1.165, 1.54) is 10.6 Å². The Bertz CT molecular complexity index is 494. The highest BCUT2D eigenvalue weighted by atomic mass is 32.1. The van der Waals surface area contributed by atoms with Gasteiger partial charge in [0.1, 0.15) is 0 Å². The summed E-state index contributed by atoms with van der Waals surface area (Å²) in [6.45, 7) is 5.99. The van der Waals surface area contributed by atoms with Gasteiger partial charge in [-0.1, -0.05) is 19.1 Å². The van der Waals surface area contributed by atoms with Gasteiger partial charge in [-0.15, -0.1) is 11.3 Å². The third kappa shape index (κ3) is 3.31. The Hall–Kier alpha value is -1.39. The minimum atomic E-state index is 0.452. The summed E-state index contributed by atoms with van der Waals surface area (Å²) in [5.74, 6) is 0.452. The van der Waals surface area contributed by atoms with Crippen LogP contribution in [0.5, 0.6) is 0 Å². The topological polar surface area (TPSA) is 50.9 Å². The molecule has 0 bridgehead atoms. The van der Waals surface area contributed by atoms with E-state index < -0.39 is 0 Å².